The fraction of sp³-hybridized carbons (Fsp3) is 0.385. The maximum atomic E-state index is 12.9. The van der Waals surface area contributed by atoms with Gasteiger partial charge in [0.1, 0.15) is 11.4 Å². The van der Waals surface area contributed by atoms with Crippen molar-refractivity contribution in [3.05, 3.63) is 54.1 Å². The number of nitrogens with one attached hydrogen (secondary N) is 3. The minimum absolute atomic E-state index is 0.0197. The van der Waals surface area contributed by atoms with E-state index in [1.807, 2.05) is 13.8 Å². The summed E-state index contributed by atoms with van der Waals surface area (Å²) in [5, 5.41) is 13.5. The molecule has 35 heavy (non-hydrogen) atoms. The first-order valence-electron chi connectivity index (χ1n) is 11.6. The Labute approximate surface area is 206 Å². The van der Waals surface area contributed by atoms with E-state index in [-0.39, 0.29) is 43.1 Å². The lowest BCUT2D eigenvalue weighted by atomic mass is 10.0. The van der Waals surface area contributed by atoms with Gasteiger partial charge in [0.2, 0.25) is 11.8 Å². The van der Waals surface area contributed by atoms with Crippen LogP contribution in [-0.2, 0) is 19.1 Å². The molecular formula is C26H35N5O4. The van der Waals surface area contributed by atoms with E-state index < -0.39 is 11.5 Å². The van der Waals surface area contributed by atoms with Crippen molar-refractivity contribution in [2.24, 2.45) is 5.73 Å². The normalized spacial score (nSPS) is 11.0. The molecule has 9 nitrogen and oxygen atoms in total. The summed E-state index contributed by atoms with van der Waals surface area (Å²) in [5.74, 6) is -0.833. The van der Waals surface area contributed by atoms with Crippen molar-refractivity contribution in [3.63, 3.8) is 0 Å². The van der Waals surface area contributed by atoms with Gasteiger partial charge in [-0.15, -0.1) is 0 Å². The molecule has 0 unspecified atom stereocenters. The summed E-state index contributed by atoms with van der Waals surface area (Å²) >= 11 is 0. The Kier molecular flexibility index (Phi) is 9.39. The van der Waals surface area contributed by atoms with Crippen molar-refractivity contribution in [2.45, 2.75) is 59.0 Å². The molecule has 0 saturated heterocycles. The number of amidine groups is 1. The fourth-order valence-corrected chi connectivity index (χ4v) is 3.44. The molecule has 0 aliphatic rings. The Hall–Kier alpha value is -3.88. The van der Waals surface area contributed by atoms with E-state index in [1.165, 1.54) is 0 Å². The highest BCUT2D eigenvalue weighted by Gasteiger charge is 2.28. The molecule has 2 amide bonds. The summed E-state index contributed by atoms with van der Waals surface area (Å²) in [5.41, 5.74) is 7.14. The molecule has 2 aromatic carbocycles. The number of hydrogen-bond donors (Lipinski definition) is 4. The Bertz CT molecular complexity index is 1050. The number of benzene rings is 2. The van der Waals surface area contributed by atoms with Crippen LogP contribution in [0, 0.1) is 5.41 Å². The third-order valence-corrected chi connectivity index (χ3v) is 5.26. The van der Waals surface area contributed by atoms with Crippen molar-refractivity contribution in [3.8, 4) is 0 Å². The van der Waals surface area contributed by atoms with Crippen LogP contribution in [0.3, 0.4) is 0 Å². The second-order valence-electron chi connectivity index (χ2n) is 8.90. The third-order valence-electron chi connectivity index (χ3n) is 5.26. The minimum Gasteiger partial charge on any atom is -0.466 e. The SMILES string of the molecule is CCOC(=O)CCC(=O)N(c1ccc(NC(=O)C(C)(C)Nc2ccc(C(=N)N)cc2)cc1)C(C)C. The first kappa shape index (κ1) is 27.4. The zero-order valence-corrected chi connectivity index (χ0v) is 21.0. The molecule has 0 fully saturated rings. The molecule has 0 atom stereocenters. The first-order valence-corrected chi connectivity index (χ1v) is 11.6. The van der Waals surface area contributed by atoms with Crippen LogP contribution in [0.5, 0.6) is 0 Å². The Morgan fingerprint density at radius 2 is 1.57 bits per heavy atom. The summed E-state index contributed by atoms with van der Waals surface area (Å²) < 4.78 is 4.90. The minimum atomic E-state index is -0.927. The van der Waals surface area contributed by atoms with E-state index in [9.17, 15) is 14.4 Å². The number of ether oxygens (including phenoxy) is 1. The lowest BCUT2D eigenvalue weighted by Crippen LogP contribution is -2.44. The summed E-state index contributed by atoms with van der Waals surface area (Å²) in [6.07, 6.45) is 0.0896. The van der Waals surface area contributed by atoms with Gasteiger partial charge in [-0.1, -0.05) is 0 Å². The Morgan fingerprint density at radius 3 is 2.09 bits per heavy atom. The predicted octanol–water partition coefficient (Wildman–Crippen LogP) is 3.88. The average Bonchev–Trinajstić information content (AvgIpc) is 2.79. The van der Waals surface area contributed by atoms with Crippen LogP contribution in [0.1, 0.15) is 53.0 Å². The zero-order chi connectivity index (χ0) is 26.2. The summed E-state index contributed by atoms with van der Waals surface area (Å²) in [4.78, 5) is 38.9. The standard InChI is InChI=1S/C26H35N5O4/c1-6-35-23(33)16-15-22(32)31(17(2)3)21-13-11-19(12-14-21)29-25(34)26(4,5)30-20-9-7-18(8-10-20)24(27)28/h7-14,17,30H,6,15-16H2,1-5H3,(H3,27,28)(H,29,34). The molecule has 9 heteroatoms. The number of rotatable bonds is 11. The van der Waals surface area contributed by atoms with Gasteiger partial charge in [0.05, 0.1) is 13.0 Å². The predicted molar refractivity (Wildman–Crippen MR) is 139 cm³/mol. The Morgan fingerprint density at radius 1 is 1.00 bits per heavy atom. The lowest BCUT2D eigenvalue weighted by Gasteiger charge is -2.28. The molecule has 0 bridgehead atoms. The van der Waals surface area contributed by atoms with Gasteiger partial charge in [-0.25, -0.2) is 0 Å². The number of carbonyl (C=O) groups excluding carboxylic acids is 3. The van der Waals surface area contributed by atoms with E-state index in [0.29, 0.717) is 16.9 Å². The maximum Gasteiger partial charge on any atom is 0.306 e. The van der Waals surface area contributed by atoms with Gasteiger partial charge in [0.15, 0.2) is 0 Å². The van der Waals surface area contributed by atoms with Crippen molar-refractivity contribution >= 4 is 40.7 Å². The molecule has 0 aromatic heterocycles. The van der Waals surface area contributed by atoms with Gasteiger partial charge >= 0.3 is 5.97 Å². The Balaban J connectivity index is 2.04. The van der Waals surface area contributed by atoms with Crippen LogP contribution in [0.15, 0.2) is 48.5 Å². The molecular weight excluding hydrogens is 446 g/mol. The van der Waals surface area contributed by atoms with Crippen LogP contribution in [-0.4, -0.2) is 41.8 Å². The number of hydrogen-bond acceptors (Lipinski definition) is 6. The number of anilines is 3. The van der Waals surface area contributed by atoms with Gasteiger partial charge in [-0.3, -0.25) is 19.8 Å². The van der Waals surface area contributed by atoms with Crippen LogP contribution in [0.25, 0.3) is 0 Å². The lowest BCUT2D eigenvalue weighted by molar-refractivity contribution is -0.144. The number of nitrogens with zero attached hydrogens (tertiary/aromatic N) is 1. The van der Waals surface area contributed by atoms with Crippen molar-refractivity contribution in [1.29, 1.82) is 5.41 Å². The van der Waals surface area contributed by atoms with Crippen LogP contribution < -0.4 is 21.3 Å². The third kappa shape index (κ3) is 7.84. The van der Waals surface area contributed by atoms with Gasteiger partial charge < -0.3 is 26.0 Å². The number of nitrogens with two attached hydrogens (primary N) is 1. The topological polar surface area (TPSA) is 138 Å². The van der Waals surface area contributed by atoms with Crippen LogP contribution >= 0.6 is 0 Å². The summed E-state index contributed by atoms with van der Waals surface area (Å²) in [6.45, 7) is 9.33. The van der Waals surface area contributed by atoms with Gasteiger partial charge in [0, 0.05) is 35.1 Å². The second kappa shape index (κ2) is 12.0. The highest BCUT2D eigenvalue weighted by Crippen LogP contribution is 2.23. The zero-order valence-electron chi connectivity index (χ0n) is 21.0. The monoisotopic (exact) mass is 481 g/mol. The molecule has 0 aliphatic heterocycles. The van der Waals surface area contributed by atoms with Crippen molar-refractivity contribution in [2.75, 3.05) is 22.1 Å². The van der Waals surface area contributed by atoms with E-state index in [4.69, 9.17) is 15.9 Å². The quantitative estimate of drug-likeness (QED) is 0.218. The summed E-state index contributed by atoms with van der Waals surface area (Å²) in [6, 6.07) is 13.8. The molecule has 0 radical (unpaired) electrons. The van der Waals surface area contributed by atoms with E-state index in [0.717, 1.165) is 5.69 Å². The van der Waals surface area contributed by atoms with E-state index in [2.05, 4.69) is 10.6 Å². The van der Waals surface area contributed by atoms with Gasteiger partial charge in [0.25, 0.3) is 0 Å². The molecule has 0 spiro atoms. The van der Waals surface area contributed by atoms with Gasteiger partial charge in [-0.2, -0.15) is 0 Å². The van der Waals surface area contributed by atoms with E-state index in [1.54, 1.807) is 74.2 Å². The number of amides is 2. The number of nitrogen functional groups attached to an aromatic ring is 1. The summed E-state index contributed by atoms with van der Waals surface area (Å²) in [7, 11) is 0. The van der Waals surface area contributed by atoms with Gasteiger partial charge in [-0.05, 0) is 83.1 Å². The molecule has 0 saturated carbocycles. The fourth-order valence-electron chi connectivity index (χ4n) is 3.44. The van der Waals surface area contributed by atoms with Crippen LogP contribution in [0.2, 0.25) is 0 Å². The highest BCUT2D eigenvalue weighted by atomic mass is 16.5. The van der Waals surface area contributed by atoms with Crippen molar-refractivity contribution < 1.29 is 19.1 Å². The second-order valence-corrected chi connectivity index (χ2v) is 8.90. The molecule has 188 valence electrons. The molecule has 0 aliphatic carbocycles. The van der Waals surface area contributed by atoms with Crippen LogP contribution in [0.4, 0.5) is 17.1 Å². The molecule has 0 heterocycles. The highest BCUT2D eigenvalue weighted by molar-refractivity contribution is 6.00. The van der Waals surface area contributed by atoms with Crippen molar-refractivity contribution in [1.82, 2.24) is 0 Å². The van der Waals surface area contributed by atoms with E-state index >= 15 is 0 Å². The molecule has 5 N–H and O–H groups in total. The molecule has 2 rings (SSSR count). The number of esters is 1. The molecule has 2 aromatic rings. The smallest absolute Gasteiger partial charge is 0.306 e. The maximum absolute atomic E-state index is 12.9. The largest absolute Gasteiger partial charge is 0.466 e. The average molecular weight is 482 g/mol. The number of carbonyl (C=O) groups is 3. The first-order chi connectivity index (χ1) is 16.4.